The Labute approximate surface area is 164 Å². The zero-order valence-electron chi connectivity index (χ0n) is 15.9. The zero-order chi connectivity index (χ0) is 19.3. The lowest BCUT2D eigenvalue weighted by Gasteiger charge is -2.35. The van der Waals surface area contributed by atoms with Crippen LogP contribution in [-0.2, 0) is 6.54 Å². The van der Waals surface area contributed by atoms with Crippen LogP contribution in [0.1, 0.15) is 5.69 Å². The van der Waals surface area contributed by atoms with Crippen LogP contribution < -0.4 is 4.74 Å². The Bertz CT molecular complexity index is 855. The quantitative estimate of drug-likeness (QED) is 0.659. The highest BCUT2D eigenvalue weighted by Crippen LogP contribution is 2.17. The summed E-state index contributed by atoms with van der Waals surface area (Å²) in [5, 5.41) is 11.5. The number of β-amino-alcohol motifs (C(OH)–C–C–N with tert-alkyl or cyclic N) is 1. The number of rotatable bonds is 7. The number of aliphatic hydroxyl groups excluding tert-OH is 1. The number of piperazine rings is 1. The molecule has 2 heterocycles. The van der Waals surface area contributed by atoms with E-state index in [1.165, 1.54) is 28.7 Å². The topological polar surface area (TPSA) is 51.7 Å². The molecular formula is C22H26FN3O2. The first-order valence-electron chi connectivity index (χ1n) is 9.73. The van der Waals surface area contributed by atoms with E-state index in [2.05, 4.69) is 39.0 Å². The number of halogens is 1. The molecule has 1 fully saturated rings. The molecule has 28 heavy (non-hydrogen) atoms. The molecule has 0 bridgehead atoms. The molecule has 0 amide bonds. The summed E-state index contributed by atoms with van der Waals surface area (Å²) >= 11 is 0. The average Bonchev–Trinajstić information content (AvgIpc) is 3.11. The fraction of sp³-hybridized carbons (Fsp3) is 0.364. The fourth-order valence-electron chi connectivity index (χ4n) is 3.66. The molecule has 1 atom stereocenters. The van der Waals surface area contributed by atoms with Crippen molar-refractivity contribution in [1.82, 2.24) is 14.8 Å². The Morgan fingerprint density at radius 3 is 2.46 bits per heavy atom. The summed E-state index contributed by atoms with van der Waals surface area (Å²) in [6.07, 6.45) is -0.565. The van der Waals surface area contributed by atoms with Gasteiger partial charge in [-0.15, -0.1) is 0 Å². The molecule has 1 saturated heterocycles. The van der Waals surface area contributed by atoms with Crippen LogP contribution in [0.25, 0.3) is 10.9 Å². The Balaban J connectivity index is 1.20. The van der Waals surface area contributed by atoms with Gasteiger partial charge in [-0.25, -0.2) is 4.39 Å². The van der Waals surface area contributed by atoms with Crippen molar-refractivity contribution in [3.8, 4) is 5.75 Å². The van der Waals surface area contributed by atoms with Gasteiger partial charge < -0.3 is 14.8 Å². The molecule has 1 aliphatic heterocycles. The molecule has 6 heteroatoms. The summed E-state index contributed by atoms with van der Waals surface area (Å²) in [5.74, 6) is 0.279. The van der Waals surface area contributed by atoms with E-state index in [-0.39, 0.29) is 12.4 Å². The van der Waals surface area contributed by atoms with Crippen LogP contribution in [0.3, 0.4) is 0 Å². The van der Waals surface area contributed by atoms with Gasteiger partial charge in [0, 0.05) is 50.5 Å². The minimum atomic E-state index is -0.565. The van der Waals surface area contributed by atoms with E-state index in [1.807, 2.05) is 6.07 Å². The molecule has 0 aliphatic carbocycles. The maximum Gasteiger partial charge on any atom is 0.123 e. The number of fused-ring (bicyclic) bond motifs is 1. The van der Waals surface area contributed by atoms with E-state index < -0.39 is 6.10 Å². The van der Waals surface area contributed by atoms with Gasteiger partial charge in [-0.2, -0.15) is 0 Å². The van der Waals surface area contributed by atoms with Crippen molar-refractivity contribution in [2.24, 2.45) is 0 Å². The van der Waals surface area contributed by atoms with Gasteiger partial charge in [-0.3, -0.25) is 9.80 Å². The van der Waals surface area contributed by atoms with Crippen molar-refractivity contribution in [2.45, 2.75) is 12.6 Å². The third-order valence-electron chi connectivity index (χ3n) is 5.17. The van der Waals surface area contributed by atoms with Gasteiger partial charge in [-0.1, -0.05) is 18.2 Å². The molecule has 0 spiro atoms. The number of benzene rings is 2. The van der Waals surface area contributed by atoms with Crippen molar-refractivity contribution in [1.29, 1.82) is 0 Å². The summed E-state index contributed by atoms with van der Waals surface area (Å²) in [4.78, 5) is 8.18. The smallest absolute Gasteiger partial charge is 0.123 e. The van der Waals surface area contributed by atoms with Crippen molar-refractivity contribution < 1.29 is 14.2 Å². The van der Waals surface area contributed by atoms with Gasteiger partial charge in [0.05, 0.1) is 0 Å². The van der Waals surface area contributed by atoms with Crippen molar-refractivity contribution in [3.05, 3.63) is 66.1 Å². The number of hydrogen-bond donors (Lipinski definition) is 2. The predicted octanol–water partition coefficient (Wildman–Crippen LogP) is 2.86. The Kier molecular flexibility index (Phi) is 5.90. The van der Waals surface area contributed by atoms with Crippen LogP contribution in [0.4, 0.5) is 4.39 Å². The monoisotopic (exact) mass is 383 g/mol. The molecule has 1 aromatic heterocycles. The van der Waals surface area contributed by atoms with E-state index in [1.54, 1.807) is 12.1 Å². The summed E-state index contributed by atoms with van der Waals surface area (Å²) < 4.78 is 18.4. The van der Waals surface area contributed by atoms with E-state index in [0.717, 1.165) is 32.7 Å². The molecule has 4 rings (SSSR count). The van der Waals surface area contributed by atoms with Crippen LogP contribution in [0.2, 0.25) is 0 Å². The average molecular weight is 383 g/mol. The summed E-state index contributed by atoms with van der Waals surface area (Å²) in [6.45, 7) is 5.50. The molecular weight excluding hydrogens is 357 g/mol. The van der Waals surface area contributed by atoms with E-state index >= 15 is 0 Å². The van der Waals surface area contributed by atoms with Gasteiger partial charge in [0.1, 0.15) is 24.3 Å². The molecule has 1 aliphatic rings. The summed E-state index contributed by atoms with van der Waals surface area (Å²) in [6, 6.07) is 16.4. The number of aliphatic hydroxyl groups is 1. The number of nitrogens with one attached hydrogen (secondary N) is 1. The highest BCUT2D eigenvalue weighted by atomic mass is 19.1. The minimum absolute atomic E-state index is 0.209. The number of H-pyrrole nitrogens is 1. The number of hydrogen-bond acceptors (Lipinski definition) is 4. The first-order chi connectivity index (χ1) is 13.7. The van der Waals surface area contributed by atoms with Crippen LogP contribution in [0.5, 0.6) is 5.75 Å². The van der Waals surface area contributed by atoms with Gasteiger partial charge >= 0.3 is 0 Å². The Morgan fingerprint density at radius 1 is 1.00 bits per heavy atom. The fourth-order valence-corrected chi connectivity index (χ4v) is 3.66. The van der Waals surface area contributed by atoms with Gasteiger partial charge in [-0.05, 0) is 41.8 Å². The number of para-hydroxylation sites is 1. The molecule has 2 aromatic carbocycles. The van der Waals surface area contributed by atoms with E-state index in [4.69, 9.17) is 4.74 Å². The molecule has 5 nitrogen and oxygen atoms in total. The molecule has 2 N–H and O–H groups in total. The number of aromatic nitrogens is 1. The second-order valence-electron chi connectivity index (χ2n) is 7.38. The minimum Gasteiger partial charge on any atom is -0.491 e. The molecule has 0 radical (unpaired) electrons. The van der Waals surface area contributed by atoms with Gasteiger partial charge in [0.25, 0.3) is 0 Å². The van der Waals surface area contributed by atoms with Crippen molar-refractivity contribution in [2.75, 3.05) is 39.3 Å². The van der Waals surface area contributed by atoms with Gasteiger partial charge in [0.2, 0.25) is 0 Å². The highest BCUT2D eigenvalue weighted by Gasteiger charge is 2.20. The third kappa shape index (κ3) is 4.90. The number of ether oxygens (including phenoxy) is 1. The van der Waals surface area contributed by atoms with Crippen molar-refractivity contribution >= 4 is 10.9 Å². The summed E-state index contributed by atoms with van der Waals surface area (Å²) in [5.41, 5.74) is 2.42. The molecule has 1 unspecified atom stereocenters. The van der Waals surface area contributed by atoms with Crippen LogP contribution in [0, 0.1) is 5.82 Å². The largest absolute Gasteiger partial charge is 0.491 e. The Hall–Kier alpha value is -2.41. The van der Waals surface area contributed by atoms with Crippen LogP contribution in [-0.4, -0.2) is 65.3 Å². The molecule has 148 valence electrons. The van der Waals surface area contributed by atoms with E-state index in [9.17, 15) is 9.50 Å². The van der Waals surface area contributed by atoms with Crippen molar-refractivity contribution in [3.63, 3.8) is 0 Å². The standard InChI is InChI=1S/C22H26FN3O2/c23-18-5-7-21(8-6-18)28-16-20(27)15-26-11-9-25(10-12-26)14-19-13-17-3-1-2-4-22(17)24-19/h1-8,13,20,24,27H,9-12,14-16H2. The second kappa shape index (κ2) is 8.73. The lowest BCUT2D eigenvalue weighted by atomic mass is 10.2. The zero-order valence-corrected chi connectivity index (χ0v) is 15.9. The lowest BCUT2D eigenvalue weighted by molar-refractivity contribution is 0.0444. The van der Waals surface area contributed by atoms with Crippen LogP contribution in [0.15, 0.2) is 54.6 Å². The first kappa shape index (κ1) is 18.9. The molecule has 0 saturated carbocycles. The highest BCUT2D eigenvalue weighted by molar-refractivity contribution is 5.80. The third-order valence-corrected chi connectivity index (χ3v) is 5.17. The maximum atomic E-state index is 12.9. The molecule has 3 aromatic rings. The predicted molar refractivity (Wildman–Crippen MR) is 108 cm³/mol. The number of nitrogens with zero attached hydrogens (tertiary/aromatic N) is 2. The SMILES string of the molecule is OC(COc1ccc(F)cc1)CN1CCN(Cc2cc3ccccc3[nH]2)CC1. The normalized spacial score (nSPS) is 17.1. The second-order valence-corrected chi connectivity index (χ2v) is 7.38. The number of aromatic amines is 1. The van der Waals surface area contributed by atoms with E-state index in [0.29, 0.717) is 12.3 Å². The maximum absolute atomic E-state index is 12.9. The van der Waals surface area contributed by atoms with Gasteiger partial charge in [0.15, 0.2) is 0 Å². The summed E-state index contributed by atoms with van der Waals surface area (Å²) in [7, 11) is 0. The first-order valence-corrected chi connectivity index (χ1v) is 9.73. The van der Waals surface area contributed by atoms with Crippen LogP contribution >= 0.6 is 0 Å². The lowest BCUT2D eigenvalue weighted by Crippen LogP contribution is -2.48. The Morgan fingerprint density at radius 2 is 1.71 bits per heavy atom.